The van der Waals surface area contributed by atoms with Crippen LogP contribution in [0.1, 0.15) is 59.3 Å². The van der Waals surface area contributed by atoms with Crippen molar-refractivity contribution in [3.8, 4) is 0 Å². The molecule has 4 rings (SSSR count). The van der Waals surface area contributed by atoms with Gasteiger partial charge in [0.15, 0.2) is 18.2 Å². The molecule has 2 fully saturated rings. The van der Waals surface area contributed by atoms with Crippen LogP contribution in [0.4, 0.5) is 4.39 Å². The second-order valence-electron chi connectivity index (χ2n) is 9.48. The fourth-order valence-electron chi connectivity index (χ4n) is 6.85. The number of ketones is 2. The van der Waals surface area contributed by atoms with Crippen LogP contribution in [0.5, 0.6) is 0 Å². The van der Waals surface area contributed by atoms with Crippen LogP contribution in [0.15, 0.2) is 23.3 Å². The van der Waals surface area contributed by atoms with E-state index in [2.05, 4.69) is 19.9 Å². The van der Waals surface area contributed by atoms with E-state index in [1.165, 1.54) is 11.1 Å². The van der Waals surface area contributed by atoms with Crippen LogP contribution in [-0.2, 0) is 9.59 Å². The summed E-state index contributed by atoms with van der Waals surface area (Å²) in [5.41, 5.74) is 0.438. The summed E-state index contributed by atoms with van der Waals surface area (Å²) in [6.07, 6.45) is 8.21. The van der Waals surface area contributed by atoms with Gasteiger partial charge in [0.1, 0.15) is 5.60 Å². The van der Waals surface area contributed by atoms with E-state index < -0.39 is 23.5 Å². The molecule has 0 bridgehead atoms. The monoisotopic (exact) mass is 360 g/mol. The molecular weight excluding hydrogens is 331 g/mol. The third-order valence-corrected chi connectivity index (χ3v) is 8.39. The number of fused-ring (bicyclic) bond motifs is 5. The quantitative estimate of drug-likeness (QED) is 0.759. The first-order valence-corrected chi connectivity index (χ1v) is 9.94. The van der Waals surface area contributed by atoms with Crippen LogP contribution in [0.25, 0.3) is 0 Å². The van der Waals surface area contributed by atoms with Crippen molar-refractivity contribution in [2.24, 2.45) is 28.6 Å². The summed E-state index contributed by atoms with van der Waals surface area (Å²) in [6.45, 7) is 5.34. The van der Waals surface area contributed by atoms with Gasteiger partial charge in [0, 0.05) is 17.3 Å². The summed E-state index contributed by atoms with van der Waals surface area (Å²) >= 11 is 0. The maximum Gasteiger partial charge on any atom is 0.195 e. The number of rotatable bonds is 2. The molecule has 142 valence electrons. The normalized spacial score (nSPS) is 47.4. The Balaban J connectivity index is 1.79. The van der Waals surface area contributed by atoms with Gasteiger partial charge in [0.25, 0.3) is 0 Å². The van der Waals surface area contributed by atoms with Gasteiger partial charge in [-0.25, -0.2) is 4.39 Å². The van der Waals surface area contributed by atoms with Gasteiger partial charge in [-0.2, -0.15) is 0 Å². The molecule has 6 atom stereocenters. The number of carbonyl (C=O) groups is 2. The van der Waals surface area contributed by atoms with Gasteiger partial charge in [-0.1, -0.05) is 38.0 Å². The van der Waals surface area contributed by atoms with E-state index >= 15 is 0 Å². The van der Waals surface area contributed by atoms with Crippen molar-refractivity contribution < 1.29 is 19.1 Å². The Morgan fingerprint density at radius 2 is 2.04 bits per heavy atom. The molecule has 0 saturated heterocycles. The van der Waals surface area contributed by atoms with Crippen molar-refractivity contribution in [2.45, 2.75) is 64.9 Å². The van der Waals surface area contributed by atoms with E-state index in [1.807, 2.05) is 13.0 Å². The summed E-state index contributed by atoms with van der Waals surface area (Å²) in [5, 5.41) is 11.1. The summed E-state index contributed by atoms with van der Waals surface area (Å²) in [4.78, 5) is 24.2. The molecule has 4 heteroatoms. The molecule has 26 heavy (non-hydrogen) atoms. The number of allylic oxidation sites excluding steroid dienone is 4. The first kappa shape index (κ1) is 18.1. The zero-order chi connectivity index (χ0) is 18.9. The zero-order valence-electron chi connectivity index (χ0n) is 16.0. The third kappa shape index (κ3) is 2.08. The van der Waals surface area contributed by atoms with E-state index in [-0.39, 0.29) is 17.1 Å². The smallest absolute Gasteiger partial charge is 0.195 e. The van der Waals surface area contributed by atoms with E-state index in [4.69, 9.17) is 0 Å². The molecule has 0 unspecified atom stereocenters. The molecule has 0 heterocycles. The minimum Gasteiger partial charge on any atom is -0.381 e. The number of Topliss-reactive ketones (excluding diaryl/α,β-unsaturated/α-hetero) is 1. The SMILES string of the molecule is C[C@H]1C[C@@H]2C(=CC[C@@]3(C)[C@H]2CC[C@]3(O)C(=O)CF)[C@@]2(C)CCC(=O)C=C12. The van der Waals surface area contributed by atoms with Gasteiger partial charge < -0.3 is 5.11 Å². The van der Waals surface area contributed by atoms with Crippen LogP contribution >= 0.6 is 0 Å². The lowest BCUT2D eigenvalue weighted by molar-refractivity contribution is -0.153. The van der Waals surface area contributed by atoms with Crippen LogP contribution in [0.2, 0.25) is 0 Å². The van der Waals surface area contributed by atoms with Gasteiger partial charge >= 0.3 is 0 Å². The molecule has 0 aromatic carbocycles. The number of hydrogen-bond donors (Lipinski definition) is 1. The molecule has 4 aliphatic rings. The van der Waals surface area contributed by atoms with Crippen molar-refractivity contribution in [1.82, 2.24) is 0 Å². The Hall–Kier alpha value is -1.29. The summed E-state index contributed by atoms with van der Waals surface area (Å²) < 4.78 is 13.2. The van der Waals surface area contributed by atoms with Gasteiger partial charge in [0.05, 0.1) is 0 Å². The number of aliphatic hydroxyl groups is 1. The highest BCUT2D eigenvalue weighted by atomic mass is 19.1. The Labute approximate surface area is 154 Å². The Kier molecular flexibility index (Phi) is 3.90. The minimum absolute atomic E-state index is 0.0810. The molecule has 1 N–H and O–H groups in total. The number of halogens is 1. The third-order valence-electron chi connectivity index (χ3n) is 8.39. The lowest BCUT2D eigenvalue weighted by Crippen LogP contribution is -2.55. The highest BCUT2D eigenvalue weighted by molar-refractivity contribution is 5.92. The Morgan fingerprint density at radius 1 is 1.31 bits per heavy atom. The molecule has 0 amide bonds. The minimum atomic E-state index is -1.54. The first-order chi connectivity index (χ1) is 12.2. The molecule has 2 saturated carbocycles. The number of carbonyl (C=O) groups excluding carboxylic acids is 2. The molecule has 0 aliphatic heterocycles. The van der Waals surface area contributed by atoms with E-state index in [0.29, 0.717) is 31.1 Å². The van der Waals surface area contributed by atoms with E-state index in [0.717, 1.165) is 19.3 Å². The van der Waals surface area contributed by atoms with Gasteiger partial charge in [-0.05, 0) is 55.9 Å². The highest BCUT2D eigenvalue weighted by Gasteiger charge is 2.64. The van der Waals surface area contributed by atoms with Crippen LogP contribution in [-0.4, -0.2) is 28.9 Å². The van der Waals surface area contributed by atoms with Crippen molar-refractivity contribution in [3.63, 3.8) is 0 Å². The summed E-state index contributed by atoms with van der Waals surface area (Å²) in [5.74, 6) is 0.396. The van der Waals surface area contributed by atoms with Crippen LogP contribution in [0, 0.1) is 28.6 Å². The maximum absolute atomic E-state index is 13.2. The predicted octanol–water partition coefficient (Wildman–Crippen LogP) is 3.95. The van der Waals surface area contributed by atoms with Gasteiger partial charge in [0.2, 0.25) is 0 Å². The topological polar surface area (TPSA) is 54.4 Å². The zero-order valence-corrected chi connectivity index (χ0v) is 16.0. The molecule has 0 radical (unpaired) electrons. The number of hydrogen-bond acceptors (Lipinski definition) is 3. The van der Waals surface area contributed by atoms with E-state index in [9.17, 15) is 19.1 Å². The van der Waals surface area contributed by atoms with Gasteiger partial charge in [-0.3, -0.25) is 9.59 Å². The average molecular weight is 360 g/mol. The fourth-order valence-corrected chi connectivity index (χ4v) is 6.85. The average Bonchev–Trinajstić information content (AvgIpc) is 2.88. The van der Waals surface area contributed by atoms with Crippen molar-refractivity contribution in [1.29, 1.82) is 0 Å². The Bertz CT molecular complexity index is 738. The van der Waals surface area contributed by atoms with Crippen LogP contribution in [0.3, 0.4) is 0 Å². The summed E-state index contributed by atoms with van der Waals surface area (Å²) in [7, 11) is 0. The first-order valence-electron chi connectivity index (χ1n) is 9.94. The second-order valence-corrected chi connectivity index (χ2v) is 9.48. The molecule has 0 spiro atoms. The van der Waals surface area contributed by atoms with Crippen molar-refractivity contribution in [3.05, 3.63) is 23.3 Å². The number of alkyl halides is 1. The highest BCUT2D eigenvalue weighted by Crippen LogP contribution is 2.66. The molecule has 4 aliphatic carbocycles. The molecule has 3 nitrogen and oxygen atoms in total. The largest absolute Gasteiger partial charge is 0.381 e. The lowest BCUT2D eigenvalue weighted by Gasteiger charge is -2.56. The second kappa shape index (κ2) is 5.60. The molecule has 0 aromatic heterocycles. The molecule has 0 aromatic rings. The standard InChI is InChI=1S/C22H29FO3/c1-13-10-15-16(20(2)7-4-14(24)11-18(13)20)5-8-21(3)17(15)6-9-22(21,26)19(25)12-23/h5,11,13,15,17,26H,4,6-10,12H2,1-3H3/t13-,15+,17-,20+,21-,22-/m0/s1. The van der Waals surface area contributed by atoms with Gasteiger partial charge in [-0.15, -0.1) is 0 Å². The predicted molar refractivity (Wildman–Crippen MR) is 97.2 cm³/mol. The van der Waals surface area contributed by atoms with Crippen molar-refractivity contribution >= 4 is 11.6 Å². The maximum atomic E-state index is 13.2. The molecular formula is C22H29FO3. The van der Waals surface area contributed by atoms with E-state index in [1.54, 1.807) is 0 Å². The summed E-state index contributed by atoms with van der Waals surface area (Å²) in [6, 6.07) is 0. The fraction of sp³-hybridized carbons (Fsp3) is 0.727. The Morgan fingerprint density at radius 3 is 2.73 bits per heavy atom. The van der Waals surface area contributed by atoms with Crippen molar-refractivity contribution in [2.75, 3.05) is 6.67 Å². The lowest BCUT2D eigenvalue weighted by atomic mass is 9.49. The van der Waals surface area contributed by atoms with Crippen LogP contribution < -0.4 is 0 Å².